The molecule has 3 nitrogen and oxygen atoms in total. The van der Waals surface area contributed by atoms with E-state index in [4.69, 9.17) is 4.98 Å². The fourth-order valence-electron chi connectivity index (χ4n) is 2.77. The van der Waals surface area contributed by atoms with Gasteiger partial charge in [-0.25, -0.2) is 4.98 Å². The zero-order valence-corrected chi connectivity index (χ0v) is 11.2. The Morgan fingerprint density at radius 1 is 1.10 bits per heavy atom. The minimum absolute atomic E-state index is 0.0581. The molecule has 0 unspecified atom stereocenters. The van der Waals surface area contributed by atoms with Crippen LogP contribution in [0.1, 0.15) is 11.1 Å². The Labute approximate surface area is 116 Å². The molecule has 1 aromatic carbocycles. The van der Waals surface area contributed by atoms with Gasteiger partial charge in [-0.1, -0.05) is 18.2 Å². The maximum Gasteiger partial charge on any atom is 0.0964 e. The number of aliphatic hydroxyl groups excluding tert-OH is 1. The van der Waals surface area contributed by atoms with Crippen LogP contribution in [0.25, 0.3) is 27.3 Å². The van der Waals surface area contributed by atoms with E-state index in [9.17, 15) is 5.11 Å². The SMILES string of the molecule is Cc1cn2cc3cc4ccccc4nc3c2cc1CO. The summed E-state index contributed by atoms with van der Waals surface area (Å²) in [5.41, 5.74) is 5.07. The Balaban J connectivity index is 2.17. The third kappa shape index (κ3) is 1.53. The predicted molar refractivity (Wildman–Crippen MR) is 80.9 cm³/mol. The lowest BCUT2D eigenvalue weighted by Gasteiger charge is -2.04. The second-order valence-corrected chi connectivity index (χ2v) is 5.18. The molecule has 3 heterocycles. The van der Waals surface area contributed by atoms with Crippen LogP contribution in [0.2, 0.25) is 0 Å². The first-order chi connectivity index (χ1) is 9.76. The van der Waals surface area contributed by atoms with E-state index in [-0.39, 0.29) is 6.61 Å². The average molecular weight is 262 g/mol. The Morgan fingerprint density at radius 3 is 2.80 bits per heavy atom. The highest BCUT2D eigenvalue weighted by molar-refractivity contribution is 6.00. The number of fused-ring (bicyclic) bond motifs is 4. The predicted octanol–water partition coefficient (Wildman–Crippen LogP) is 3.44. The lowest BCUT2D eigenvalue weighted by molar-refractivity contribution is 0.281. The van der Waals surface area contributed by atoms with E-state index < -0.39 is 0 Å². The van der Waals surface area contributed by atoms with Crippen molar-refractivity contribution >= 4 is 27.3 Å². The van der Waals surface area contributed by atoms with Gasteiger partial charge in [0.2, 0.25) is 0 Å². The molecular weight excluding hydrogens is 248 g/mol. The van der Waals surface area contributed by atoms with Crippen molar-refractivity contribution in [2.75, 3.05) is 0 Å². The third-order valence-electron chi connectivity index (χ3n) is 3.87. The van der Waals surface area contributed by atoms with Crippen LogP contribution in [0.15, 0.2) is 48.8 Å². The third-order valence-corrected chi connectivity index (χ3v) is 3.87. The molecule has 3 aromatic heterocycles. The molecule has 0 radical (unpaired) electrons. The molecule has 98 valence electrons. The van der Waals surface area contributed by atoms with Crippen molar-refractivity contribution in [3.05, 3.63) is 59.9 Å². The molecule has 0 saturated carbocycles. The molecule has 0 saturated heterocycles. The summed E-state index contributed by atoms with van der Waals surface area (Å²) in [5.74, 6) is 0. The molecule has 0 amide bonds. The minimum Gasteiger partial charge on any atom is -0.392 e. The van der Waals surface area contributed by atoms with Crippen LogP contribution in [-0.4, -0.2) is 14.5 Å². The van der Waals surface area contributed by atoms with Crippen LogP contribution >= 0.6 is 0 Å². The maximum absolute atomic E-state index is 9.43. The van der Waals surface area contributed by atoms with Crippen molar-refractivity contribution in [3.8, 4) is 0 Å². The van der Waals surface area contributed by atoms with E-state index >= 15 is 0 Å². The van der Waals surface area contributed by atoms with Gasteiger partial charge in [0.25, 0.3) is 0 Å². The normalized spacial score (nSPS) is 11.7. The number of aromatic nitrogens is 2. The highest BCUT2D eigenvalue weighted by Crippen LogP contribution is 2.26. The number of rotatable bonds is 1. The number of para-hydroxylation sites is 1. The zero-order valence-electron chi connectivity index (χ0n) is 11.2. The Morgan fingerprint density at radius 2 is 1.95 bits per heavy atom. The standard InChI is InChI=1S/C17H14N2O/c1-11-8-19-9-13-6-12-4-2-3-5-15(12)18-17(13)16(19)7-14(11)10-20/h2-9,20H,10H2,1H3. The Bertz CT molecular complexity index is 953. The quantitative estimate of drug-likeness (QED) is 0.570. The fraction of sp³-hybridized carbons (Fsp3) is 0.118. The van der Waals surface area contributed by atoms with Crippen molar-refractivity contribution in [2.24, 2.45) is 0 Å². The molecule has 4 aromatic rings. The van der Waals surface area contributed by atoms with Gasteiger partial charge >= 0.3 is 0 Å². The van der Waals surface area contributed by atoms with Crippen molar-refractivity contribution in [1.29, 1.82) is 0 Å². The van der Waals surface area contributed by atoms with Gasteiger partial charge in [0.05, 0.1) is 23.2 Å². The largest absolute Gasteiger partial charge is 0.392 e. The van der Waals surface area contributed by atoms with E-state index in [0.717, 1.165) is 38.4 Å². The molecule has 0 fully saturated rings. The van der Waals surface area contributed by atoms with Crippen molar-refractivity contribution < 1.29 is 5.11 Å². The lowest BCUT2D eigenvalue weighted by Crippen LogP contribution is -1.92. The smallest absolute Gasteiger partial charge is 0.0964 e. The van der Waals surface area contributed by atoms with E-state index in [1.165, 1.54) is 0 Å². The van der Waals surface area contributed by atoms with Crippen molar-refractivity contribution in [2.45, 2.75) is 13.5 Å². The Hall–Kier alpha value is -2.39. The first-order valence-corrected chi connectivity index (χ1v) is 6.67. The number of nitrogens with zero attached hydrogens (tertiary/aromatic N) is 2. The van der Waals surface area contributed by atoms with Crippen LogP contribution in [-0.2, 0) is 6.61 Å². The summed E-state index contributed by atoms with van der Waals surface area (Å²) in [5, 5.41) is 11.7. The molecule has 20 heavy (non-hydrogen) atoms. The highest BCUT2D eigenvalue weighted by Gasteiger charge is 2.08. The highest BCUT2D eigenvalue weighted by atomic mass is 16.3. The molecule has 3 heteroatoms. The molecule has 0 aliphatic rings. The molecule has 0 aliphatic heterocycles. The molecule has 0 atom stereocenters. The van der Waals surface area contributed by atoms with Crippen LogP contribution in [0.5, 0.6) is 0 Å². The van der Waals surface area contributed by atoms with Gasteiger partial charge in [0.1, 0.15) is 0 Å². The van der Waals surface area contributed by atoms with Crippen LogP contribution in [0.3, 0.4) is 0 Å². The first-order valence-electron chi connectivity index (χ1n) is 6.67. The van der Waals surface area contributed by atoms with Gasteiger partial charge in [-0.15, -0.1) is 0 Å². The molecular formula is C17H14N2O. The van der Waals surface area contributed by atoms with E-state index in [1.807, 2.05) is 37.4 Å². The van der Waals surface area contributed by atoms with Gasteiger partial charge in [-0.2, -0.15) is 0 Å². The fourth-order valence-corrected chi connectivity index (χ4v) is 2.77. The maximum atomic E-state index is 9.43. The topological polar surface area (TPSA) is 37.5 Å². The van der Waals surface area contributed by atoms with Crippen LogP contribution in [0.4, 0.5) is 0 Å². The van der Waals surface area contributed by atoms with E-state index in [0.29, 0.717) is 0 Å². The molecule has 0 aliphatic carbocycles. The molecule has 0 spiro atoms. The van der Waals surface area contributed by atoms with Crippen molar-refractivity contribution in [1.82, 2.24) is 9.38 Å². The van der Waals surface area contributed by atoms with Gasteiger partial charge in [0, 0.05) is 23.2 Å². The minimum atomic E-state index is 0.0581. The number of benzene rings is 1. The van der Waals surface area contributed by atoms with E-state index in [2.05, 4.69) is 22.7 Å². The second kappa shape index (κ2) is 4.05. The summed E-state index contributed by atoms with van der Waals surface area (Å²) < 4.78 is 2.09. The number of aliphatic hydroxyl groups is 1. The number of hydrogen-bond acceptors (Lipinski definition) is 2. The second-order valence-electron chi connectivity index (χ2n) is 5.18. The van der Waals surface area contributed by atoms with Gasteiger partial charge in [-0.3, -0.25) is 0 Å². The zero-order chi connectivity index (χ0) is 13.7. The van der Waals surface area contributed by atoms with Crippen molar-refractivity contribution in [3.63, 3.8) is 0 Å². The van der Waals surface area contributed by atoms with Gasteiger partial charge in [-0.05, 0) is 36.2 Å². The van der Waals surface area contributed by atoms with E-state index in [1.54, 1.807) is 0 Å². The van der Waals surface area contributed by atoms with Crippen LogP contribution in [0, 0.1) is 6.92 Å². The summed E-state index contributed by atoms with van der Waals surface area (Å²) in [6, 6.07) is 12.3. The molecule has 0 bridgehead atoms. The summed E-state index contributed by atoms with van der Waals surface area (Å²) in [6.45, 7) is 2.07. The molecule has 4 rings (SSSR count). The van der Waals surface area contributed by atoms with Crippen LogP contribution < -0.4 is 0 Å². The molecule has 1 N–H and O–H groups in total. The Kier molecular flexibility index (Phi) is 2.32. The summed E-state index contributed by atoms with van der Waals surface area (Å²) in [6.07, 6.45) is 4.14. The average Bonchev–Trinajstić information content (AvgIpc) is 2.80. The summed E-state index contributed by atoms with van der Waals surface area (Å²) in [7, 11) is 0. The summed E-state index contributed by atoms with van der Waals surface area (Å²) in [4.78, 5) is 4.77. The lowest BCUT2D eigenvalue weighted by atomic mass is 10.1. The number of aryl methyl sites for hydroxylation is 1. The first kappa shape index (κ1) is 11.4. The number of hydrogen-bond donors (Lipinski definition) is 1. The monoisotopic (exact) mass is 262 g/mol. The van der Waals surface area contributed by atoms with Gasteiger partial charge < -0.3 is 9.51 Å². The number of pyridine rings is 2. The summed E-state index contributed by atoms with van der Waals surface area (Å²) >= 11 is 0. The van der Waals surface area contributed by atoms with Gasteiger partial charge in [0.15, 0.2) is 0 Å².